The zero-order chi connectivity index (χ0) is 13.0. The van der Waals surface area contributed by atoms with Crippen molar-refractivity contribution in [2.24, 2.45) is 0 Å². The van der Waals surface area contributed by atoms with E-state index < -0.39 is 0 Å². The van der Waals surface area contributed by atoms with Gasteiger partial charge in [-0.05, 0) is 18.6 Å². The van der Waals surface area contributed by atoms with E-state index in [1.165, 1.54) is 0 Å². The summed E-state index contributed by atoms with van der Waals surface area (Å²) in [4.78, 5) is 7.64. The Hall–Kier alpha value is -1.52. The maximum atomic E-state index is 5.25. The lowest BCUT2D eigenvalue weighted by Gasteiger charge is -2.10. The van der Waals surface area contributed by atoms with Crippen LogP contribution < -0.4 is 0 Å². The Kier molecular flexibility index (Phi) is 4.23. The monoisotopic (exact) mass is 260 g/mol. The van der Waals surface area contributed by atoms with Crippen LogP contribution in [0.2, 0.25) is 0 Å². The Bertz CT molecular complexity index is 566. The zero-order valence-electron chi connectivity index (χ0n) is 10.5. The van der Waals surface area contributed by atoms with Crippen molar-refractivity contribution in [1.29, 1.82) is 0 Å². The van der Waals surface area contributed by atoms with E-state index in [1.807, 2.05) is 43.3 Å². The van der Waals surface area contributed by atoms with Crippen LogP contribution in [0.15, 0.2) is 36.4 Å². The molecule has 4 heteroatoms. The van der Waals surface area contributed by atoms with E-state index in [0.29, 0.717) is 4.64 Å². The van der Waals surface area contributed by atoms with Gasteiger partial charge in [0.25, 0.3) is 0 Å². The number of nitrogens with one attached hydrogen (secondary N) is 1. The highest BCUT2D eigenvalue weighted by molar-refractivity contribution is 7.71. The van der Waals surface area contributed by atoms with Crippen LogP contribution in [0.1, 0.15) is 12.7 Å². The summed E-state index contributed by atoms with van der Waals surface area (Å²) in [6.45, 7) is 2.01. The molecule has 0 radical (unpaired) electrons. The number of aromatic amines is 1. The number of aromatic nitrogens is 2. The summed E-state index contributed by atoms with van der Waals surface area (Å²) in [5.41, 5.74) is 2.10. The van der Waals surface area contributed by atoms with Gasteiger partial charge in [0.1, 0.15) is 10.5 Å². The molecule has 0 spiro atoms. The first kappa shape index (κ1) is 12.9. The highest BCUT2D eigenvalue weighted by atomic mass is 32.1. The molecular weight excluding hydrogens is 244 g/mol. The molecule has 1 unspecified atom stereocenters. The molecule has 0 saturated carbocycles. The number of nitrogens with zero attached hydrogens (tertiary/aromatic N) is 1. The third-order valence-corrected chi connectivity index (χ3v) is 2.97. The predicted molar refractivity (Wildman–Crippen MR) is 75.0 cm³/mol. The average molecular weight is 260 g/mol. The van der Waals surface area contributed by atoms with E-state index in [-0.39, 0.29) is 6.10 Å². The topological polar surface area (TPSA) is 37.9 Å². The van der Waals surface area contributed by atoms with Gasteiger partial charge in [0.2, 0.25) is 0 Å². The Labute approximate surface area is 112 Å². The van der Waals surface area contributed by atoms with Crippen LogP contribution in [0.5, 0.6) is 0 Å². The first-order valence-corrected chi connectivity index (χ1v) is 6.28. The first-order chi connectivity index (χ1) is 8.69. The van der Waals surface area contributed by atoms with E-state index in [1.54, 1.807) is 7.11 Å². The Morgan fingerprint density at radius 1 is 1.33 bits per heavy atom. The minimum atomic E-state index is 0.120. The number of H-pyrrole nitrogens is 1. The second-order valence-electron chi connectivity index (χ2n) is 4.20. The molecule has 2 aromatic rings. The van der Waals surface area contributed by atoms with Gasteiger partial charge >= 0.3 is 0 Å². The van der Waals surface area contributed by atoms with Crippen molar-refractivity contribution in [2.75, 3.05) is 7.11 Å². The van der Waals surface area contributed by atoms with Gasteiger partial charge < -0.3 is 9.72 Å². The van der Waals surface area contributed by atoms with Gasteiger partial charge in [0.15, 0.2) is 0 Å². The molecule has 1 aromatic carbocycles. The van der Waals surface area contributed by atoms with Crippen molar-refractivity contribution in [1.82, 2.24) is 9.97 Å². The fourth-order valence-electron chi connectivity index (χ4n) is 1.73. The van der Waals surface area contributed by atoms with Gasteiger partial charge in [-0.25, -0.2) is 4.98 Å². The molecule has 18 heavy (non-hydrogen) atoms. The van der Waals surface area contributed by atoms with E-state index >= 15 is 0 Å². The van der Waals surface area contributed by atoms with E-state index in [0.717, 1.165) is 23.5 Å². The third kappa shape index (κ3) is 3.24. The molecule has 0 bridgehead atoms. The highest BCUT2D eigenvalue weighted by Gasteiger charge is 2.06. The standard InChI is InChI=1S/C14H16N2OS/c1-10(17-2)8-13-15-12(9-14(18)16-13)11-6-4-3-5-7-11/h3-7,9-10H,8H2,1-2H3,(H,15,16,18). The van der Waals surface area contributed by atoms with Crippen LogP contribution in [-0.4, -0.2) is 23.2 Å². The lowest BCUT2D eigenvalue weighted by atomic mass is 10.1. The average Bonchev–Trinajstić information content (AvgIpc) is 2.39. The summed E-state index contributed by atoms with van der Waals surface area (Å²) in [5, 5.41) is 0. The van der Waals surface area contributed by atoms with E-state index in [4.69, 9.17) is 17.0 Å². The van der Waals surface area contributed by atoms with Crippen molar-refractivity contribution in [3.05, 3.63) is 46.9 Å². The maximum absolute atomic E-state index is 5.25. The van der Waals surface area contributed by atoms with Crippen molar-refractivity contribution in [3.63, 3.8) is 0 Å². The Morgan fingerprint density at radius 2 is 2.06 bits per heavy atom. The smallest absolute Gasteiger partial charge is 0.130 e. The fraction of sp³-hybridized carbons (Fsp3) is 0.286. The molecule has 0 aliphatic heterocycles. The summed E-state index contributed by atoms with van der Waals surface area (Å²) >= 11 is 5.20. The molecule has 3 nitrogen and oxygen atoms in total. The van der Waals surface area contributed by atoms with E-state index in [9.17, 15) is 0 Å². The highest BCUT2D eigenvalue weighted by Crippen LogP contribution is 2.16. The van der Waals surface area contributed by atoms with Gasteiger partial charge in [0.05, 0.1) is 6.10 Å². The van der Waals surface area contributed by atoms with Crippen molar-refractivity contribution in [3.8, 4) is 11.3 Å². The SMILES string of the molecule is COC(C)Cc1nc(=S)cc(-c2ccccc2)[nH]1. The van der Waals surface area contributed by atoms with Crippen LogP contribution in [0.4, 0.5) is 0 Å². The normalized spacial score (nSPS) is 12.3. The minimum absolute atomic E-state index is 0.120. The molecule has 0 aliphatic carbocycles. The van der Waals surface area contributed by atoms with Crippen LogP contribution in [0.25, 0.3) is 11.3 Å². The lowest BCUT2D eigenvalue weighted by Crippen LogP contribution is -2.11. The van der Waals surface area contributed by atoms with Crippen molar-refractivity contribution in [2.45, 2.75) is 19.4 Å². The summed E-state index contributed by atoms with van der Waals surface area (Å²) in [7, 11) is 1.69. The van der Waals surface area contributed by atoms with Crippen LogP contribution >= 0.6 is 12.2 Å². The van der Waals surface area contributed by atoms with Crippen LogP contribution in [0.3, 0.4) is 0 Å². The number of hydrogen-bond donors (Lipinski definition) is 1. The minimum Gasteiger partial charge on any atom is -0.381 e. The molecule has 1 heterocycles. The molecule has 0 saturated heterocycles. The second-order valence-corrected chi connectivity index (χ2v) is 4.61. The lowest BCUT2D eigenvalue weighted by molar-refractivity contribution is 0.117. The van der Waals surface area contributed by atoms with Gasteiger partial charge in [-0.3, -0.25) is 0 Å². The third-order valence-electron chi connectivity index (χ3n) is 2.76. The van der Waals surface area contributed by atoms with Gasteiger partial charge in [-0.1, -0.05) is 42.5 Å². The molecule has 0 fully saturated rings. The van der Waals surface area contributed by atoms with Gasteiger partial charge in [-0.15, -0.1) is 0 Å². The van der Waals surface area contributed by atoms with Gasteiger partial charge in [-0.2, -0.15) is 0 Å². The summed E-state index contributed by atoms with van der Waals surface area (Å²) in [5.74, 6) is 0.857. The molecule has 1 atom stereocenters. The summed E-state index contributed by atoms with van der Waals surface area (Å²) in [6, 6.07) is 12.0. The Balaban J connectivity index is 2.36. The summed E-state index contributed by atoms with van der Waals surface area (Å²) < 4.78 is 5.85. The zero-order valence-corrected chi connectivity index (χ0v) is 11.3. The largest absolute Gasteiger partial charge is 0.381 e. The summed E-state index contributed by atoms with van der Waals surface area (Å²) in [6.07, 6.45) is 0.843. The number of benzene rings is 1. The molecule has 0 amide bonds. The second kappa shape index (κ2) is 5.89. The predicted octanol–water partition coefficient (Wildman–Crippen LogP) is 3.38. The number of hydrogen-bond acceptors (Lipinski definition) is 3. The first-order valence-electron chi connectivity index (χ1n) is 5.87. The molecule has 1 aromatic heterocycles. The van der Waals surface area contributed by atoms with Crippen LogP contribution in [-0.2, 0) is 11.2 Å². The van der Waals surface area contributed by atoms with Crippen molar-refractivity contribution < 1.29 is 4.74 Å². The number of rotatable bonds is 4. The van der Waals surface area contributed by atoms with Gasteiger partial charge in [0, 0.05) is 19.2 Å². The maximum Gasteiger partial charge on any atom is 0.130 e. The molecule has 1 N–H and O–H groups in total. The van der Waals surface area contributed by atoms with Crippen LogP contribution in [0, 0.1) is 4.64 Å². The number of methoxy groups -OCH3 is 1. The number of ether oxygens (including phenoxy) is 1. The quantitative estimate of drug-likeness (QED) is 0.856. The fourth-order valence-corrected chi connectivity index (χ4v) is 1.96. The molecule has 94 valence electrons. The van der Waals surface area contributed by atoms with Crippen molar-refractivity contribution >= 4 is 12.2 Å². The Morgan fingerprint density at radius 3 is 2.72 bits per heavy atom. The van der Waals surface area contributed by atoms with E-state index in [2.05, 4.69) is 9.97 Å². The molecule has 2 rings (SSSR count). The molecule has 0 aliphatic rings. The molecular formula is C14H16N2OS.